The number of H-pyrrole nitrogens is 2. The highest BCUT2D eigenvalue weighted by atomic mass is 16.2. The van der Waals surface area contributed by atoms with Gasteiger partial charge < -0.3 is 5.32 Å². The van der Waals surface area contributed by atoms with E-state index in [0.717, 1.165) is 12.8 Å². The number of aromatic nitrogens is 2. The Kier molecular flexibility index (Phi) is 3.27. The van der Waals surface area contributed by atoms with Crippen LogP contribution in [-0.4, -0.2) is 22.6 Å². The van der Waals surface area contributed by atoms with Crippen molar-refractivity contribution < 1.29 is 4.79 Å². The Hall–Kier alpha value is -2.04. The van der Waals surface area contributed by atoms with E-state index in [2.05, 4.69) is 22.4 Å². The van der Waals surface area contributed by atoms with Crippen molar-refractivity contribution >= 4 is 16.8 Å². The molecule has 0 aliphatic carbocycles. The van der Waals surface area contributed by atoms with Crippen molar-refractivity contribution in [1.82, 2.24) is 15.5 Å². The summed E-state index contributed by atoms with van der Waals surface area (Å²) in [5.74, 6) is -0.200. The third-order valence-electron chi connectivity index (χ3n) is 2.66. The molecule has 2 rings (SSSR count). The zero-order valence-corrected chi connectivity index (χ0v) is 9.67. The summed E-state index contributed by atoms with van der Waals surface area (Å²) in [6, 6.07) is 5.17. The summed E-state index contributed by atoms with van der Waals surface area (Å²) in [6.45, 7) is 2.69. The van der Waals surface area contributed by atoms with Crippen LogP contribution in [0.3, 0.4) is 0 Å². The fraction of sp³-hybridized carbons (Fsp3) is 0.333. The lowest BCUT2D eigenvalue weighted by Gasteiger charge is -2.04. The Morgan fingerprint density at radius 1 is 1.35 bits per heavy atom. The number of hydrogen-bond donors (Lipinski definition) is 3. The molecule has 0 fully saturated rings. The predicted molar refractivity (Wildman–Crippen MR) is 66.2 cm³/mol. The molecule has 0 aliphatic heterocycles. The standard InChI is InChI=1S/C12H15N3O2/c1-2-3-7-13-11(16)8-5-4-6-9-10(8)12(17)15-14-9/h4-6H,2-3,7H2,1H3,(H,13,16)(H2,14,15,17). The first kappa shape index (κ1) is 11.4. The quantitative estimate of drug-likeness (QED) is 0.698. The number of amides is 1. The molecule has 2 aromatic rings. The molecule has 1 aromatic carbocycles. The fourth-order valence-corrected chi connectivity index (χ4v) is 1.75. The third kappa shape index (κ3) is 2.22. The van der Waals surface area contributed by atoms with Gasteiger partial charge in [0.1, 0.15) is 0 Å². The van der Waals surface area contributed by atoms with Crippen molar-refractivity contribution in [2.45, 2.75) is 19.8 Å². The number of aromatic amines is 2. The number of fused-ring (bicyclic) bond motifs is 1. The molecule has 0 atom stereocenters. The van der Waals surface area contributed by atoms with Crippen LogP contribution in [-0.2, 0) is 0 Å². The van der Waals surface area contributed by atoms with Gasteiger partial charge in [0, 0.05) is 6.54 Å². The van der Waals surface area contributed by atoms with Crippen molar-refractivity contribution in [3.63, 3.8) is 0 Å². The Labute approximate surface area is 98.2 Å². The number of nitrogens with one attached hydrogen (secondary N) is 3. The molecule has 0 spiro atoms. The summed E-state index contributed by atoms with van der Waals surface area (Å²) in [5.41, 5.74) is 0.806. The van der Waals surface area contributed by atoms with Gasteiger partial charge in [-0.05, 0) is 18.6 Å². The average Bonchev–Trinajstić information content (AvgIpc) is 2.71. The van der Waals surface area contributed by atoms with Gasteiger partial charge >= 0.3 is 0 Å². The maximum absolute atomic E-state index is 11.9. The molecule has 0 aliphatic rings. The van der Waals surface area contributed by atoms with Gasteiger partial charge in [0.2, 0.25) is 0 Å². The van der Waals surface area contributed by atoms with Gasteiger partial charge in [-0.3, -0.25) is 19.8 Å². The van der Waals surface area contributed by atoms with E-state index < -0.39 is 0 Å². The average molecular weight is 233 g/mol. The highest BCUT2D eigenvalue weighted by Gasteiger charge is 2.12. The smallest absolute Gasteiger partial charge is 0.272 e. The molecule has 5 nitrogen and oxygen atoms in total. The number of benzene rings is 1. The molecular weight excluding hydrogens is 218 g/mol. The van der Waals surface area contributed by atoms with E-state index in [1.807, 2.05) is 0 Å². The predicted octanol–water partition coefficient (Wildman–Crippen LogP) is 1.39. The van der Waals surface area contributed by atoms with Crippen LogP contribution in [0, 0.1) is 0 Å². The normalized spacial score (nSPS) is 10.6. The molecular formula is C12H15N3O2. The molecule has 5 heteroatoms. The summed E-state index contributed by atoms with van der Waals surface area (Å²) in [6.07, 6.45) is 1.96. The van der Waals surface area contributed by atoms with Crippen molar-refractivity contribution in [3.8, 4) is 0 Å². The topological polar surface area (TPSA) is 77.8 Å². The second kappa shape index (κ2) is 4.86. The van der Waals surface area contributed by atoms with Gasteiger partial charge in [-0.25, -0.2) is 0 Å². The number of carbonyl (C=O) groups excluding carboxylic acids is 1. The van der Waals surface area contributed by atoms with Crippen molar-refractivity contribution in [2.75, 3.05) is 6.54 Å². The van der Waals surface area contributed by atoms with E-state index in [0.29, 0.717) is 23.0 Å². The lowest BCUT2D eigenvalue weighted by molar-refractivity contribution is 0.0955. The molecule has 3 N–H and O–H groups in total. The summed E-state index contributed by atoms with van der Waals surface area (Å²) in [4.78, 5) is 23.5. The Bertz CT molecular complexity index is 583. The molecule has 1 heterocycles. The summed E-state index contributed by atoms with van der Waals surface area (Å²) in [7, 11) is 0. The Balaban J connectivity index is 2.31. The van der Waals surface area contributed by atoms with Crippen LogP contribution in [0.1, 0.15) is 30.1 Å². The maximum atomic E-state index is 11.9. The minimum absolute atomic E-state index is 0.200. The second-order valence-corrected chi connectivity index (χ2v) is 3.92. The highest BCUT2D eigenvalue weighted by Crippen LogP contribution is 2.12. The van der Waals surface area contributed by atoms with E-state index in [9.17, 15) is 9.59 Å². The Morgan fingerprint density at radius 2 is 2.18 bits per heavy atom. The van der Waals surface area contributed by atoms with Gasteiger partial charge in [0.05, 0.1) is 16.5 Å². The number of unbranched alkanes of at least 4 members (excludes halogenated alkanes) is 1. The SMILES string of the molecule is CCCCNC(=O)c1cccc2[nH][nH]c(=O)c12. The van der Waals surface area contributed by atoms with Gasteiger partial charge in [0.25, 0.3) is 11.5 Å². The first-order valence-electron chi connectivity index (χ1n) is 5.71. The van der Waals surface area contributed by atoms with Crippen LogP contribution in [0.2, 0.25) is 0 Å². The number of carbonyl (C=O) groups is 1. The third-order valence-corrected chi connectivity index (χ3v) is 2.66. The minimum Gasteiger partial charge on any atom is -0.352 e. The summed E-state index contributed by atoms with van der Waals surface area (Å²) in [5, 5.41) is 8.43. The van der Waals surface area contributed by atoms with Crippen molar-refractivity contribution in [3.05, 3.63) is 34.1 Å². The van der Waals surface area contributed by atoms with E-state index in [1.165, 1.54) is 0 Å². The molecule has 90 valence electrons. The van der Waals surface area contributed by atoms with Gasteiger partial charge in [-0.15, -0.1) is 0 Å². The van der Waals surface area contributed by atoms with E-state index in [-0.39, 0.29) is 11.5 Å². The second-order valence-electron chi connectivity index (χ2n) is 3.92. The van der Waals surface area contributed by atoms with Crippen LogP contribution in [0.4, 0.5) is 0 Å². The first-order chi connectivity index (χ1) is 8.24. The molecule has 17 heavy (non-hydrogen) atoms. The molecule has 0 radical (unpaired) electrons. The van der Waals surface area contributed by atoms with Crippen LogP contribution < -0.4 is 10.9 Å². The monoisotopic (exact) mass is 233 g/mol. The minimum atomic E-state index is -0.263. The molecule has 0 saturated heterocycles. The number of rotatable bonds is 4. The lowest BCUT2D eigenvalue weighted by Crippen LogP contribution is -2.25. The first-order valence-corrected chi connectivity index (χ1v) is 5.71. The van der Waals surface area contributed by atoms with E-state index in [4.69, 9.17) is 0 Å². The fourth-order valence-electron chi connectivity index (χ4n) is 1.75. The number of hydrogen-bond acceptors (Lipinski definition) is 2. The molecule has 1 aromatic heterocycles. The van der Waals surface area contributed by atoms with Crippen molar-refractivity contribution in [2.24, 2.45) is 0 Å². The Morgan fingerprint density at radius 3 is 2.94 bits per heavy atom. The molecule has 0 saturated carbocycles. The molecule has 0 unspecified atom stereocenters. The summed E-state index contributed by atoms with van der Waals surface area (Å²) < 4.78 is 0. The van der Waals surface area contributed by atoms with Gasteiger partial charge in [-0.2, -0.15) is 0 Å². The molecule has 1 amide bonds. The maximum Gasteiger partial charge on any atom is 0.272 e. The zero-order valence-electron chi connectivity index (χ0n) is 9.67. The zero-order chi connectivity index (χ0) is 12.3. The van der Waals surface area contributed by atoms with Crippen LogP contribution in [0.15, 0.2) is 23.0 Å². The summed E-state index contributed by atoms with van der Waals surface area (Å²) >= 11 is 0. The van der Waals surface area contributed by atoms with Crippen LogP contribution in [0.25, 0.3) is 10.9 Å². The highest BCUT2D eigenvalue weighted by molar-refractivity contribution is 6.05. The van der Waals surface area contributed by atoms with Crippen molar-refractivity contribution in [1.29, 1.82) is 0 Å². The van der Waals surface area contributed by atoms with Crippen LogP contribution in [0.5, 0.6) is 0 Å². The van der Waals surface area contributed by atoms with E-state index in [1.54, 1.807) is 18.2 Å². The van der Waals surface area contributed by atoms with Gasteiger partial charge in [0.15, 0.2) is 0 Å². The van der Waals surface area contributed by atoms with Crippen LogP contribution >= 0.6 is 0 Å². The molecule has 0 bridgehead atoms. The lowest BCUT2D eigenvalue weighted by atomic mass is 10.1. The largest absolute Gasteiger partial charge is 0.352 e. The van der Waals surface area contributed by atoms with E-state index >= 15 is 0 Å². The van der Waals surface area contributed by atoms with Gasteiger partial charge in [-0.1, -0.05) is 19.4 Å².